The van der Waals surface area contributed by atoms with Crippen LogP contribution >= 0.6 is 0 Å². The Morgan fingerprint density at radius 2 is 2.36 bits per heavy atom. The van der Waals surface area contributed by atoms with E-state index in [1.807, 2.05) is 18.5 Å². The number of pyridine rings is 1. The van der Waals surface area contributed by atoms with Gasteiger partial charge in [-0.2, -0.15) is 0 Å². The molecular formula is C11H17N3. The Morgan fingerprint density at radius 3 is 3.00 bits per heavy atom. The van der Waals surface area contributed by atoms with Crippen LogP contribution in [0.4, 0.5) is 5.69 Å². The van der Waals surface area contributed by atoms with Crippen molar-refractivity contribution in [2.45, 2.75) is 25.8 Å². The molecule has 0 aromatic carbocycles. The molecule has 3 N–H and O–H groups in total. The van der Waals surface area contributed by atoms with Crippen LogP contribution in [-0.2, 0) is 0 Å². The van der Waals surface area contributed by atoms with Gasteiger partial charge in [0.15, 0.2) is 0 Å². The van der Waals surface area contributed by atoms with Gasteiger partial charge in [-0.3, -0.25) is 4.98 Å². The van der Waals surface area contributed by atoms with E-state index in [-0.39, 0.29) is 0 Å². The second-order valence-corrected chi connectivity index (χ2v) is 4.10. The summed E-state index contributed by atoms with van der Waals surface area (Å²) in [5, 5.41) is 3.52. The molecule has 1 aliphatic carbocycles. The van der Waals surface area contributed by atoms with Gasteiger partial charge in [-0.1, -0.05) is 0 Å². The van der Waals surface area contributed by atoms with E-state index < -0.39 is 0 Å². The standard InChI is InChI=1S/C11H17N3/c1-8-7-13-3-2-11(8)14-10-4-9(5-10)6-12/h2-3,7,9-10H,4-6,12H2,1H3,(H,13,14). The molecule has 14 heavy (non-hydrogen) atoms. The highest BCUT2D eigenvalue weighted by Crippen LogP contribution is 2.29. The number of anilines is 1. The van der Waals surface area contributed by atoms with Gasteiger partial charge in [0.05, 0.1) is 0 Å². The van der Waals surface area contributed by atoms with Crippen LogP contribution in [0.1, 0.15) is 18.4 Å². The molecule has 0 radical (unpaired) electrons. The van der Waals surface area contributed by atoms with E-state index >= 15 is 0 Å². The molecule has 0 amide bonds. The highest BCUT2D eigenvalue weighted by Gasteiger charge is 2.27. The molecule has 3 nitrogen and oxygen atoms in total. The quantitative estimate of drug-likeness (QED) is 0.762. The third kappa shape index (κ3) is 1.87. The molecule has 1 heterocycles. The Morgan fingerprint density at radius 1 is 1.57 bits per heavy atom. The summed E-state index contributed by atoms with van der Waals surface area (Å²) < 4.78 is 0. The maximum absolute atomic E-state index is 5.58. The molecule has 0 bridgehead atoms. The van der Waals surface area contributed by atoms with Crippen molar-refractivity contribution in [2.24, 2.45) is 11.7 Å². The van der Waals surface area contributed by atoms with Crippen molar-refractivity contribution in [3.63, 3.8) is 0 Å². The Bertz CT molecular complexity index is 305. The third-order valence-electron chi connectivity index (χ3n) is 2.95. The Balaban J connectivity index is 1.90. The number of nitrogens with one attached hydrogen (secondary N) is 1. The van der Waals surface area contributed by atoms with Crippen molar-refractivity contribution < 1.29 is 0 Å². The summed E-state index contributed by atoms with van der Waals surface area (Å²) in [7, 11) is 0. The molecule has 1 aromatic rings. The van der Waals surface area contributed by atoms with Gasteiger partial charge in [-0.15, -0.1) is 0 Å². The maximum atomic E-state index is 5.58. The Labute approximate surface area is 84.7 Å². The van der Waals surface area contributed by atoms with Gasteiger partial charge in [0.25, 0.3) is 0 Å². The highest BCUT2D eigenvalue weighted by molar-refractivity contribution is 5.49. The number of aryl methyl sites for hydroxylation is 1. The summed E-state index contributed by atoms with van der Waals surface area (Å²) in [5.41, 5.74) is 8.00. The second kappa shape index (κ2) is 3.96. The van der Waals surface area contributed by atoms with E-state index in [0.29, 0.717) is 6.04 Å². The number of nitrogens with two attached hydrogens (primary N) is 1. The van der Waals surface area contributed by atoms with Gasteiger partial charge in [-0.25, -0.2) is 0 Å². The molecule has 0 unspecified atom stereocenters. The highest BCUT2D eigenvalue weighted by atomic mass is 14.9. The lowest BCUT2D eigenvalue weighted by molar-refractivity contribution is 0.291. The number of rotatable bonds is 3. The van der Waals surface area contributed by atoms with Crippen molar-refractivity contribution in [3.05, 3.63) is 24.0 Å². The average Bonchev–Trinajstić information content (AvgIpc) is 2.13. The van der Waals surface area contributed by atoms with E-state index in [0.717, 1.165) is 12.5 Å². The average molecular weight is 191 g/mol. The van der Waals surface area contributed by atoms with Crippen molar-refractivity contribution in [1.82, 2.24) is 4.98 Å². The lowest BCUT2D eigenvalue weighted by atomic mass is 9.80. The van der Waals surface area contributed by atoms with Crippen LogP contribution in [0.2, 0.25) is 0 Å². The van der Waals surface area contributed by atoms with Crippen molar-refractivity contribution in [2.75, 3.05) is 11.9 Å². The molecule has 0 saturated heterocycles. The van der Waals surface area contributed by atoms with Gasteiger partial charge in [0.2, 0.25) is 0 Å². The van der Waals surface area contributed by atoms with E-state index in [1.165, 1.54) is 24.1 Å². The van der Waals surface area contributed by atoms with Crippen LogP contribution < -0.4 is 11.1 Å². The minimum atomic E-state index is 0.615. The van der Waals surface area contributed by atoms with Gasteiger partial charge >= 0.3 is 0 Å². The molecule has 0 spiro atoms. The summed E-state index contributed by atoms with van der Waals surface area (Å²) in [6.07, 6.45) is 6.13. The van der Waals surface area contributed by atoms with Crippen LogP contribution in [0.5, 0.6) is 0 Å². The minimum absolute atomic E-state index is 0.615. The molecule has 1 saturated carbocycles. The molecule has 1 fully saturated rings. The zero-order valence-corrected chi connectivity index (χ0v) is 8.53. The summed E-state index contributed by atoms with van der Waals surface area (Å²) in [4.78, 5) is 4.07. The van der Waals surface area contributed by atoms with Crippen LogP contribution in [0.15, 0.2) is 18.5 Å². The fourth-order valence-electron chi connectivity index (χ4n) is 1.90. The largest absolute Gasteiger partial charge is 0.382 e. The molecule has 3 heteroatoms. The summed E-state index contributed by atoms with van der Waals surface area (Å²) >= 11 is 0. The van der Waals surface area contributed by atoms with E-state index in [2.05, 4.69) is 17.2 Å². The number of aromatic nitrogens is 1. The monoisotopic (exact) mass is 191 g/mol. The first-order valence-corrected chi connectivity index (χ1v) is 5.17. The molecule has 0 atom stereocenters. The molecule has 1 aromatic heterocycles. The van der Waals surface area contributed by atoms with E-state index in [9.17, 15) is 0 Å². The zero-order chi connectivity index (χ0) is 9.97. The van der Waals surface area contributed by atoms with Crippen molar-refractivity contribution in [3.8, 4) is 0 Å². The van der Waals surface area contributed by atoms with Gasteiger partial charge in [0, 0.05) is 24.1 Å². The lowest BCUT2D eigenvalue weighted by Gasteiger charge is -2.36. The van der Waals surface area contributed by atoms with E-state index in [4.69, 9.17) is 5.73 Å². The van der Waals surface area contributed by atoms with Crippen LogP contribution in [0, 0.1) is 12.8 Å². The SMILES string of the molecule is Cc1cnccc1NC1CC(CN)C1. The van der Waals surface area contributed by atoms with E-state index in [1.54, 1.807) is 0 Å². The van der Waals surface area contributed by atoms with Gasteiger partial charge < -0.3 is 11.1 Å². The van der Waals surface area contributed by atoms with Gasteiger partial charge in [-0.05, 0) is 43.9 Å². The molecule has 2 rings (SSSR count). The lowest BCUT2D eigenvalue weighted by Crippen LogP contribution is -2.39. The normalized spacial score (nSPS) is 25.6. The predicted octanol–water partition coefficient (Wildman–Crippen LogP) is 1.54. The smallest absolute Gasteiger partial charge is 0.0402 e. The fraction of sp³-hybridized carbons (Fsp3) is 0.545. The summed E-state index contributed by atoms with van der Waals surface area (Å²) in [6.45, 7) is 2.90. The van der Waals surface area contributed by atoms with Gasteiger partial charge in [0.1, 0.15) is 0 Å². The molecule has 0 aliphatic heterocycles. The Hall–Kier alpha value is -1.09. The minimum Gasteiger partial charge on any atom is -0.382 e. The fourth-order valence-corrected chi connectivity index (χ4v) is 1.90. The number of hydrogen-bond donors (Lipinski definition) is 2. The zero-order valence-electron chi connectivity index (χ0n) is 8.53. The third-order valence-corrected chi connectivity index (χ3v) is 2.95. The second-order valence-electron chi connectivity index (χ2n) is 4.10. The molecular weight excluding hydrogens is 174 g/mol. The van der Waals surface area contributed by atoms with Crippen LogP contribution in [0.25, 0.3) is 0 Å². The van der Waals surface area contributed by atoms with Crippen LogP contribution in [-0.4, -0.2) is 17.6 Å². The first-order chi connectivity index (χ1) is 6.79. The first-order valence-electron chi connectivity index (χ1n) is 5.17. The first kappa shape index (κ1) is 9.46. The number of nitrogens with zero attached hydrogens (tertiary/aromatic N) is 1. The summed E-state index contributed by atoms with van der Waals surface area (Å²) in [5.74, 6) is 0.731. The summed E-state index contributed by atoms with van der Waals surface area (Å²) in [6, 6.07) is 2.65. The Kier molecular flexibility index (Phi) is 2.68. The molecule has 76 valence electrons. The molecule has 1 aliphatic rings. The maximum Gasteiger partial charge on any atom is 0.0402 e. The number of hydrogen-bond acceptors (Lipinski definition) is 3. The predicted molar refractivity (Wildman–Crippen MR) is 58.2 cm³/mol. The van der Waals surface area contributed by atoms with Crippen LogP contribution in [0.3, 0.4) is 0 Å². The van der Waals surface area contributed by atoms with Crippen molar-refractivity contribution >= 4 is 5.69 Å². The van der Waals surface area contributed by atoms with Crippen molar-refractivity contribution in [1.29, 1.82) is 0 Å². The topological polar surface area (TPSA) is 50.9 Å².